The monoisotopic (exact) mass is 484 g/mol. The summed E-state index contributed by atoms with van der Waals surface area (Å²) in [5.41, 5.74) is 0. The number of alkyl halides is 14. The Balaban J connectivity index is 3.46. The highest BCUT2D eigenvalue weighted by Gasteiger charge is 2.92. The van der Waals surface area contributed by atoms with Gasteiger partial charge in [-0.2, -0.15) is 57.1 Å². The van der Waals surface area contributed by atoms with Crippen molar-refractivity contribution in [3.05, 3.63) is 0 Å². The third-order valence-electron chi connectivity index (χ3n) is 2.99. The molecule has 1 aliphatic heterocycles. The number of carbonyl (C=O) groups is 1. The largest absolute Gasteiger partial charge is 0.510 e. The number of carbonyl (C=O) groups excluding carboxylic acids is 1. The van der Waals surface area contributed by atoms with Crippen LogP contribution < -0.4 is 0 Å². The van der Waals surface area contributed by atoms with Crippen molar-refractivity contribution in [1.82, 2.24) is 0 Å². The summed E-state index contributed by atoms with van der Waals surface area (Å²) in [6.07, 6.45) is -13.4. The van der Waals surface area contributed by atoms with E-state index in [1.807, 2.05) is 15.9 Å². The molecule has 0 aromatic carbocycles. The fourth-order valence-electron chi connectivity index (χ4n) is 1.54. The van der Waals surface area contributed by atoms with Gasteiger partial charge in [0, 0.05) is 0 Å². The van der Waals surface area contributed by atoms with Gasteiger partial charge in [0.2, 0.25) is 11.1 Å². The van der Waals surface area contributed by atoms with Crippen molar-refractivity contribution >= 4 is 22.1 Å². The topological polar surface area (TPSA) is 35.5 Å². The van der Waals surface area contributed by atoms with Crippen LogP contribution in [0, 0.1) is 0 Å². The van der Waals surface area contributed by atoms with Gasteiger partial charge in [0.05, 0.1) is 0 Å². The molecule has 1 rings (SSSR count). The summed E-state index contributed by atoms with van der Waals surface area (Å²) in [4.78, 5) is 10.5. The Labute approximate surface area is 141 Å². The Morgan fingerprint density at radius 3 is 1.35 bits per heavy atom. The van der Waals surface area contributed by atoms with Gasteiger partial charge in [-0.05, 0) is 15.9 Å². The van der Waals surface area contributed by atoms with Gasteiger partial charge in [0.25, 0.3) is 0 Å². The van der Waals surface area contributed by atoms with Crippen LogP contribution in [0.1, 0.15) is 0 Å². The first-order chi connectivity index (χ1) is 11.2. The molecular weight excluding hydrogens is 483 g/mol. The lowest BCUT2D eigenvalue weighted by atomic mass is 9.91. The minimum Gasteiger partial charge on any atom is -0.419 e. The number of hydrogen-bond acceptors (Lipinski definition) is 3. The van der Waals surface area contributed by atoms with Gasteiger partial charge in [0.15, 0.2) is 0 Å². The molecule has 0 spiro atoms. The predicted molar refractivity (Wildman–Crippen MR) is 54.9 cm³/mol. The Bertz CT molecular complexity index is 572. The van der Waals surface area contributed by atoms with Crippen LogP contribution in [-0.4, -0.2) is 53.1 Å². The van der Waals surface area contributed by atoms with Crippen molar-refractivity contribution in [1.29, 1.82) is 0 Å². The molecule has 0 N–H and O–H groups in total. The smallest absolute Gasteiger partial charge is 0.419 e. The molecule has 0 unspecified atom stereocenters. The van der Waals surface area contributed by atoms with Gasteiger partial charge in [-0.3, -0.25) is 0 Å². The van der Waals surface area contributed by atoms with Gasteiger partial charge in [-0.1, -0.05) is 0 Å². The van der Waals surface area contributed by atoms with Crippen LogP contribution in [0.5, 0.6) is 0 Å². The Morgan fingerprint density at radius 2 is 1.04 bits per heavy atom. The van der Waals surface area contributed by atoms with E-state index in [0.29, 0.717) is 0 Å². The fraction of sp³-hybridized carbons (Fsp3) is 0.889. The van der Waals surface area contributed by atoms with Crippen LogP contribution in [0.2, 0.25) is 0 Å². The lowest BCUT2D eigenvalue weighted by molar-refractivity contribution is -0.443. The molecule has 0 radical (unpaired) electrons. The highest BCUT2D eigenvalue weighted by molar-refractivity contribution is 9.09. The van der Waals surface area contributed by atoms with Crippen molar-refractivity contribution in [3.63, 3.8) is 0 Å². The van der Waals surface area contributed by atoms with Crippen LogP contribution >= 0.6 is 15.9 Å². The molecule has 1 heterocycles. The first-order valence-electron chi connectivity index (χ1n) is 5.63. The van der Waals surface area contributed by atoms with Crippen LogP contribution in [0.15, 0.2) is 0 Å². The summed E-state index contributed by atoms with van der Waals surface area (Å²) < 4.78 is 174. The van der Waals surface area contributed by atoms with Crippen molar-refractivity contribution in [2.75, 3.05) is 0 Å². The second-order valence-corrected chi connectivity index (χ2v) is 5.58. The van der Waals surface area contributed by atoms with E-state index in [9.17, 15) is 61.9 Å². The number of cyclic esters (lactones) is 2. The molecule has 3 nitrogen and oxygen atoms in total. The summed E-state index contributed by atoms with van der Waals surface area (Å²) in [6.45, 7) is 0. The fourth-order valence-corrected chi connectivity index (χ4v) is 2.13. The maximum atomic E-state index is 13.6. The quantitative estimate of drug-likeness (QED) is 0.313. The standard InChI is InChI=1S/C9H2BrF13O3/c10-2-1(25-3(24)26-2)4(11,12)5(13,14)6(15,16)7(17,18)8(19,20)9(21,22)23/h1-2H/t1-,2+/m1/s1. The van der Waals surface area contributed by atoms with Crippen LogP contribution in [-0.2, 0) is 9.47 Å². The molecule has 26 heavy (non-hydrogen) atoms. The van der Waals surface area contributed by atoms with E-state index in [1.54, 1.807) is 0 Å². The van der Waals surface area contributed by atoms with Crippen LogP contribution in [0.3, 0.4) is 0 Å². The molecule has 0 saturated carbocycles. The van der Waals surface area contributed by atoms with Gasteiger partial charge >= 0.3 is 41.9 Å². The van der Waals surface area contributed by atoms with E-state index >= 15 is 0 Å². The van der Waals surface area contributed by atoms with Crippen LogP contribution in [0.25, 0.3) is 0 Å². The van der Waals surface area contributed by atoms with E-state index in [0.717, 1.165) is 0 Å². The highest BCUT2D eigenvalue weighted by Crippen LogP contribution is 2.61. The molecule has 154 valence electrons. The summed E-state index contributed by atoms with van der Waals surface area (Å²) in [5.74, 6) is -37.9. The van der Waals surface area contributed by atoms with E-state index in [-0.39, 0.29) is 0 Å². The molecule has 1 fully saturated rings. The first kappa shape index (κ1) is 22.9. The zero-order valence-electron chi connectivity index (χ0n) is 11.2. The molecule has 1 aliphatic rings. The third kappa shape index (κ3) is 2.85. The van der Waals surface area contributed by atoms with Crippen molar-refractivity contribution < 1.29 is 71.3 Å². The molecular formula is C9H2BrF13O3. The Hall–Kier alpha value is -1.16. The SMILES string of the molecule is O=C1O[C@@H](C(F)(F)C(F)(F)C(F)(F)C(F)(F)C(F)(F)C(F)(F)F)[C@@H](Br)O1. The third-order valence-corrected chi connectivity index (χ3v) is 3.65. The normalized spacial score (nSPS) is 23.7. The van der Waals surface area contributed by atoms with E-state index in [1.165, 1.54) is 0 Å². The molecule has 1 saturated heterocycles. The van der Waals surface area contributed by atoms with E-state index in [4.69, 9.17) is 0 Å². The second kappa shape index (κ2) is 5.92. The second-order valence-electron chi connectivity index (χ2n) is 4.68. The first-order valence-corrected chi connectivity index (χ1v) is 6.55. The van der Waals surface area contributed by atoms with Gasteiger partial charge in [0.1, 0.15) is 0 Å². The summed E-state index contributed by atoms with van der Waals surface area (Å²) in [5, 5.41) is -2.64. The molecule has 0 bridgehead atoms. The minimum absolute atomic E-state index is 1.92. The maximum Gasteiger partial charge on any atom is 0.510 e. The lowest BCUT2D eigenvalue weighted by Gasteiger charge is -2.40. The van der Waals surface area contributed by atoms with Gasteiger partial charge < -0.3 is 9.47 Å². The van der Waals surface area contributed by atoms with Gasteiger partial charge in [-0.15, -0.1) is 0 Å². The van der Waals surface area contributed by atoms with E-state index < -0.39 is 53.1 Å². The van der Waals surface area contributed by atoms with E-state index in [2.05, 4.69) is 9.47 Å². The predicted octanol–water partition coefficient (Wildman–Crippen LogP) is 4.98. The minimum atomic E-state index is -8.02. The maximum absolute atomic E-state index is 13.6. The average molecular weight is 485 g/mol. The molecule has 2 atom stereocenters. The number of rotatable bonds is 5. The van der Waals surface area contributed by atoms with Crippen molar-refractivity contribution in [2.24, 2.45) is 0 Å². The molecule has 0 aliphatic carbocycles. The highest BCUT2D eigenvalue weighted by atomic mass is 79.9. The summed E-state index contributed by atoms with van der Waals surface area (Å²) >= 11 is 1.92. The van der Waals surface area contributed by atoms with Gasteiger partial charge in [-0.25, -0.2) is 4.79 Å². The number of ether oxygens (including phenoxy) is 2. The Morgan fingerprint density at radius 1 is 0.654 bits per heavy atom. The van der Waals surface area contributed by atoms with Crippen molar-refractivity contribution in [2.45, 2.75) is 46.9 Å². The summed E-state index contributed by atoms with van der Waals surface area (Å²) in [6, 6.07) is 0. The molecule has 0 amide bonds. The number of hydrogen-bond donors (Lipinski definition) is 0. The Kier molecular flexibility index (Phi) is 5.21. The van der Waals surface area contributed by atoms with Crippen molar-refractivity contribution in [3.8, 4) is 0 Å². The molecule has 17 heteroatoms. The molecule has 0 aromatic rings. The zero-order valence-corrected chi connectivity index (χ0v) is 12.8. The zero-order chi connectivity index (χ0) is 21.1. The molecule has 0 aromatic heterocycles. The summed E-state index contributed by atoms with van der Waals surface area (Å²) in [7, 11) is 0. The van der Waals surface area contributed by atoms with Crippen LogP contribution in [0.4, 0.5) is 61.9 Å². The lowest BCUT2D eigenvalue weighted by Crippen LogP contribution is -2.72. The average Bonchev–Trinajstić information content (AvgIpc) is 2.76. The number of halogens is 14.